The second-order valence-electron chi connectivity index (χ2n) is 4.46. The van der Waals surface area contributed by atoms with Crippen LogP contribution in [-0.2, 0) is 0 Å². The fraction of sp³-hybridized carbons (Fsp3) is 0.700. The molecule has 0 spiro atoms. The van der Waals surface area contributed by atoms with E-state index in [2.05, 4.69) is 19.7 Å². The van der Waals surface area contributed by atoms with Gasteiger partial charge in [-0.05, 0) is 12.8 Å². The van der Waals surface area contributed by atoms with E-state index in [9.17, 15) is 22.0 Å². The van der Waals surface area contributed by atoms with Gasteiger partial charge in [0.25, 0.3) is 0 Å². The van der Waals surface area contributed by atoms with Crippen LogP contribution in [0.4, 0.5) is 33.8 Å². The molecule has 1 saturated heterocycles. The van der Waals surface area contributed by atoms with Crippen molar-refractivity contribution in [3.05, 3.63) is 0 Å². The number of nitrogen functional groups attached to an aromatic ring is 1. The smallest absolute Gasteiger partial charge is 0.456 e. The van der Waals surface area contributed by atoms with Crippen molar-refractivity contribution in [3.8, 4) is 6.01 Å². The van der Waals surface area contributed by atoms with Gasteiger partial charge in [-0.1, -0.05) is 0 Å². The van der Waals surface area contributed by atoms with Crippen molar-refractivity contribution in [1.82, 2.24) is 15.0 Å². The molecule has 0 aromatic carbocycles. The molecule has 0 bridgehead atoms. The first-order chi connectivity index (χ1) is 9.69. The molecule has 6 nitrogen and oxygen atoms in total. The minimum atomic E-state index is -5.71. The van der Waals surface area contributed by atoms with Crippen molar-refractivity contribution in [2.75, 3.05) is 30.3 Å². The maximum Gasteiger partial charge on any atom is 0.456 e. The first-order valence-corrected chi connectivity index (χ1v) is 6.03. The van der Waals surface area contributed by atoms with Gasteiger partial charge in [0, 0.05) is 13.1 Å². The van der Waals surface area contributed by atoms with Crippen LogP contribution in [0.25, 0.3) is 0 Å². The third-order valence-corrected chi connectivity index (χ3v) is 2.81. The number of rotatable bonds is 4. The molecule has 0 aliphatic carbocycles. The van der Waals surface area contributed by atoms with Crippen molar-refractivity contribution in [2.24, 2.45) is 0 Å². The average molecular weight is 313 g/mol. The molecule has 2 N–H and O–H groups in total. The van der Waals surface area contributed by atoms with Gasteiger partial charge >= 0.3 is 18.1 Å². The lowest BCUT2D eigenvalue weighted by molar-refractivity contribution is -0.290. The van der Waals surface area contributed by atoms with Crippen LogP contribution in [0.2, 0.25) is 0 Å². The molecule has 0 radical (unpaired) electrons. The highest BCUT2D eigenvalue weighted by Gasteiger charge is 2.58. The molecule has 2 rings (SSSR count). The summed E-state index contributed by atoms with van der Waals surface area (Å²) < 4.78 is 65.9. The van der Waals surface area contributed by atoms with E-state index < -0.39 is 24.7 Å². The van der Waals surface area contributed by atoms with Crippen LogP contribution in [0.5, 0.6) is 6.01 Å². The maximum absolute atomic E-state index is 12.8. The van der Waals surface area contributed by atoms with E-state index in [1.807, 2.05) is 0 Å². The lowest BCUT2D eigenvalue weighted by Crippen LogP contribution is -2.42. The molecule has 1 fully saturated rings. The molecule has 21 heavy (non-hydrogen) atoms. The lowest BCUT2D eigenvalue weighted by atomic mass is 10.3. The number of aromatic nitrogens is 3. The summed E-state index contributed by atoms with van der Waals surface area (Å²) in [5.74, 6) is -5.20. The van der Waals surface area contributed by atoms with Gasteiger partial charge in [0.1, 0.15) is 0 Å². The molecule has 1 aromatic rings. The van der Waals surface area contributed by atoms with Crippen LogP contribution in [-0.4, -0.2) is 46.7 Å². The predicted molar refractivity (Wildman–Crippen MR) is 62.2 cm³/mol. The van der Waals surface area contributed by atoms with Crippen molar-refractivity contribution in [3.63, 3.8) is 0 Å². The number of ether oxygens (including phenoxy) is 1. The molecule has 1 aromatic heterocycles. The Kier molecular flexibility index (Phi) is 4.01. The van der Waals surface area contributed by atoms with E-state index in [1.54, 1.807) is 4.90 Å². The molecule has 0 atom stereocenters. The van der Waals surface area contributed by atoms with Crippen LogP contribution in [0.3, 0.4) is 0 Å². The standard InChI is InChI=1S/C10H12F5N5O/c11-9(12,10(13,14)15)5-21-8-18-6(16)17-7(19-8)20-3-1-2-4-20/h1-5H2,(H2,16,17,18,19). The van der Waals surface area contributed by atoms with Crippen molar-refractivity contribution in [1.29, 1.82) is 0 Å². The Labute approximate surface area is 116 Å². The number of nitrogens with two attached hydrogens (primary N) is 1. The third-order valence-electron chi connectivity index (χ3n) is 2.81. The zero-order valence-electron chi connectivity index (χ0n) is 10.7. The quantitative estimate of drug-likeness (QED) is 0.851. The normalized spacial score (nSPS) is 16.3. The Hall–Kier alpha value is -1.94. The zero-order valence-corrected chi connectivity index (χ0v) is 10.7. The molecule has 0 amide bonds. The molecule has 11 heteroatoms. The Morgan fingerprint density at radius 2 is 1.67 bits per heavy atom. The van der Waals surface area contributed by atoms with Crippen molar-refractivity contribution in [2.45, 2.75) is 24.9 Å². The van der Waals surface area contributed by atoms with Gasteiger partial charge in [0.05, 0.1) is 0 Å². The Bertz CT molecular complexity index is 503. The fourth-order valence-electron chi connectivity index (χ4n) is 1.72. The zero-order chi connectivity index (χ0) is 15.7. The highest BCUT2D eigenvalue weighted by molar-refractivity contribution is 5.36. The third kappa shape index (κ3) is 3.58. The van der Waals surface area contributed by atoms with Gasteiger partial charge in [0.2, 0.25) is 11.9 Å². The minimum absolute atomic E-state index is 0.102. The Morgan fingerprint density at radius 1 is 1.05 bits per heavy atom. The summed E-state index contributed by atoms with van der Waals surface area (Å²) in [6.07, 6.45) is -3.91. The molecule has 0 saturated carbocycles. The van der Waals surface area contributed by atoms with Gasteiger partial charge in [-0.25, -0.2) is 0 Å². The van der Waals surface area contributed by atoms with Crippen LogP contribution >= 0.6 is 0 Å². The second-order valence-corrected chi connectivity index (χ2v) is 4.46. The van der Waals surface area contributed by atoms with E-state index in [4.69, 9.17) is 5.73 Å². The first-order valence-electron chi connectivity index (χ1n) is 6.03. The predicted octanol–water partition coefficient (Wildman–Crippen LogP) is 1.63. The number of nitrogens with zero attached hydrogens (tertiary/aromatic N) is 4. The van der Waals surface area contributed by atoms with Gasteiger partial charge in [0.15, 0.2) is 6.61 Å². The number of hydrogen-bond donors (Lipinski definition) is 1. The topological polar surface area (TPSA) is 77.2 Å². The van der Waals surface area contributed by atoms with E-state index in [1.165, 1.54) is 0 Å². The second kappa shape index (κ2) is 5.45. The average Bonchev–Trinajstić information content (AvgIpc) is 2.88. The number of halogens is 5. The van der Waals surface area contributed by atoms with Crippen LogP contribution in [0, 0.1) is 0 Å². The first kappa shape index (κ1) is 15.4. The SMILES string of the molecule is Nc1nc(OCC(F)(F)C(F)(F)F)nc(N2CCCC2)n1. The largest absolute Gasteiger partial charge is 0.456 e. The number of anilines is 2. The monoisotopic (exact) mass is 313 g/mol. The fourth-order valence-corrected chi connectivity index (χ4v) is 1.72. The van der Waals surface area contributed by atoms with E-state index in [0.717, 1.165) is 12.8 Å². The van der Waals surface area contributed by atoms with E-state index >= 15 is 0 Å². The molecular formula is C10H12F5N5O. The van der Waals surface area contributed by atoms with Crippen molar-refractivity contribution >= 4 is 11.9 Å². The summed E-state index contributed by atoms with van der Waals surface area (Å²) in [4.78, 5) is 12.6. The lowest BCUT2D eigenvalue weighted by Gasteiger charge is -2.20. The summed E-state index contributed by atoms with van der Waals surface area (Å²) in [6.45, 7) is -0.636. The summed E-state index contributed by atoms with van der Waals surface area (Å²) in [6, 6.07) is -0.659. The summed E-state index contributed by atoms with van der Waals surface area (Å²) >= 11 is 0. The number of alkyl halides is 5. The highest BCUT2D eigenvalue weighted by atomic mass is 19.4. The molecule has 1 aliphatic heterocycles. The molecular weight excluding hydrogens is 301 g/mol. The van der Waals surface area contributed by atoms with Gasteiger partial charge < -0.3 is 15.4 Å². The molecule has 0 unspecified atom stereocenters. The van der Waals surface area contributed by atoms with Crippen LogP contribution < -0.4 is 15.4 Å². The molecule has 2 heterocycles. The molecule has 1 aliphatic rings. The maximum atomic E-state index is 12.8. The Balaban J connectivity index is 2.10. The summed E-state index contributed by atoms with van der Waals surface area (Å²) in [5, 5.41) is 0. The van der Waals surface area contributed by atoms with Gasteiger partial charge in [-0.3, -0.25) is 0 Å². The molecule has 118 valence electrons. The van der Waals surface area contributed by atoms with Crippen LogP contribution in [0.15, 0.2) is 0 Å². The summed E-state index contributed by atoms with van der Waals surface area (Å²) in [7, 11) is 0. The minimum Gasteiger partial charge on any atom is -0.456 e. The highest BCUT2D eigenvalue weighted by Crippen LogP contribution is 2.35. The number of hydrogen-bond acceptors (Lipinski definition) is 6. The van der Waals surface area contributed by atoms with Gasteiger partial charge in [-0.15, -0.1) is 0 Å². The van der Waals surface area contributed by atoms with Crippen LogP contribution in [0.1, 0.15) is 12.8 Å². The Morgan fingerprint density at radius 3 is 2.24 bits per heavy atom. The summed E-state index contributed by atoms with van der Waals surface area (Å²) in [5.41, 5.74) is 5.37. The van der Waals surface area contributed by atoms with Gasteiger partial charge in [-0.2, -0.15) is 36.9 Å². The van der Waals surface area contributed by atoms with E-state index in [0.29, 0.717) is 13.1 Å². The van der Waals surface area contributed by atoms with E-state index in [-0.39, 0.29) is 11.9 Å². The van der Waals surface area contributed by atoms with Crippen molar-refractivity contribution < 1.29 is 26.7 Å².